The van der Waals surface area contributed by atoms with E-state index in [-0.39, 0.29) is 5.41 Å². The van der Waals surface area contributed by atoms with Crippen LogP contribution in [-0.2, 0) is 5.41 Å². The van der Waals surface area contributed by atoms with E-state index in [0.29, 0.717) is 0 Å². The van der Waals surface area contributed by atoms with Crippen LogP contribution >= 0.6 is 0 Å². The zero-order chi connectivity index (χ0) is 35.5. The third-order valence-corrected chi connectivity index (χ3v) is 12.2. The summed E-state index contributed by atoms with van der Waals surface area (Å²) in [7, 11) is 0. The number of benzene rings is 8. The first-order chi connectivity index (χ1) is 26.0. The summed E-state index contributed by atoms with van der Waals surface area (Å²) >= 11 is 0. The second kappa shape index (κ2) is 12.6. The van der Waals surface area contributed by atoms with Crippen molar-refractivity contribution in [2.24, 2.45) is 0 Å². The van der Waals surface area contributed by atoms with Crippen LogP contribution in [0.25, 0.3) is 54.9 Å². The van der Waals surface area contributed by atoms with Gasteiger partial charge in [-0.2, -0.15) is 0 Å². The second-order valence-electron chi connectivity index (χ2n) is 15.6. The Kier molecular flexibility index (Phi) is 7.58. The zero-order valence-electron chi connectivity index (χ0n) is 30.5. The van der Waals surface area contributed by atoms with Gasteiger partial charge in [0.05, 0.1) is 11.4 Å². The highest BCUT2D eigenvalue weighted by atomic mass is 15.1. The lowest BCUT2D eigenvalue weighted by molar-refractivity contribution is 0.660. The fraction of sp³-hybridized carbons (Fsp3) is 0.154. The first-order valence-electron chi connectivity index (χ1n) is 19.3. The molecule has 2 aliphatic rings. The fourth-order valence-electron chi connectivity index (χ4n) is 9.43. The van der Waals surface area contributed by atoms with Crippen LogP contribution in [0.3, 0.4) is 0 Å². The zero-order valence-corrected chi connectivity index (χ0v) is 30.5. The largest absolute Gasteiger partial charge is 0.309 e. The highest BCUT2D eigenvalue weighted by Gasteiger charge is 2.35. The van der Waals surface area contributed by atoms with E-state index in [4.69, 9.17) is 0 Å². The predicted molar refractivity (Wildman–Crippen MR) is 226 cm³/mol. The van der Waals surface area contributed by atoms with E-state index in [1.165, 1.54) is 109 Å². The molecule has 0 aliphatic heterocycles. The van der Waals surface area contributed by atoms with Crippen LogP contribution in [0.5, 0.6) is 0 Å². The van der Waals surface area contributed by atoms with Gasteiger partial charge in [0.2, 0.25) is 0 Å². The highest BCUT2D eigenvalue weighted by Crippen LogP contribution is 2.52. The quantitative estimate of drug-likeness (QED) is 0.169. The number of fused-ring (bicyclic) bond motifs is 5. The Morgan fingerprint density at radius 1 is 0.472 bits per heavy atom. The summed E-state index contributed by atoms with van der Waals surface area (Å²) in [5, 5.41) is 4.95. The molecule has 2 aliphatic carbocycles. The van der Waals surface area contributed by atoms with Gasteiger partial charge in [0.15, 0.2) is 0 Å². The second-order valence-corrected chi connectivity index (χ2v) is 15.6. The van der Waals surface area contributed by atoms with E-state index in [2.05, 4.69) is 189 Å². The molecule has 0 N–H and O–H groups in total. The Labute approximate surface area is 313 Å². The maximum absolute atomic E-state index is 2.49. The molecule has 8 aromatic rings. The molecule has 1 heteroatoms. The van der Waals surface area contributed by atoms with Crippen molar-refractivity contribution in [2.45, 2.75) is 50.9 Å². The molecule has 0 amide bonds. The Hall–Kier alpha value is -5.92. The molecule has 0 bridgehead atoms. The molecule has 8 aromatic carbocycles. The summed E-state index contributed by atoms with van der Waals surface area (Å²) in [6.45, 7) is 4.75. The predicted octanol–water partition coefficient (Wildman–Crippen LogP) is 14.8. The number of hydrogen-bond donors (Lipinski definition) is 0. The third-order valence-electron chi connectivity index (χ3n) is 12.2. The topological polar surface area (TPSA) is 3.24 Å². The van der Waals surface area contributed by atoms with Gasteiger partial charge in [0.25, 0.3) is 0 Å². The van der Waals surface area contributed by atoms with E-state index in [9.17, 15) is 0 Å². The number of hydrogen-bond acceptors (Lipinski definition) is 1. The standard InChI is InChI=1S/C52H43N/c1-52(2)47-20-10-9-19-45(47)46-32-28-41(34-48(46)52)51-44-18-8-6-15-40(44)29-33-50(51)53(49-21-11-16-39-14-5-7-17-43(39)49)42-30-26-38(27-31-42)37-24-22-36(23-25-37)35-12-3-4-13-35/h5-11,14-35H,3-4,12-13H2,1-2H3. The van der Waals surface area contributed by atoms with Gasteiger partial charge in [-0.05, 0) is 110 Å². The number of nitrogens with zero attached hydrogens (tertiary/aromatic N) is 1. The number of anilines is 3. The molecule has 0 radical (unpaired) electrons. The molecule has 1 nitrogen and oxygen atoms in total. The maximum Gasteiger partial charge on any atom is 0.0546 e. The molecule has 0 unspecified atom stereocenters. The summed E-state index contributed by atoms with van der Waals surface area (Å²) in [6, 6.07) is 63.6. The summed E-state index contributed by atoms with van der Waals surface area (Å²) < 4.78 is 0. The summed E-state index contributed by atoms with van der Waals surface area (Å²) in [5.41, 5.74) is 15.3. The van der Waals surface area contributed by atoms with Gasteiger partial charge in [-0.3, -0.25) is 0 Å². The van der Waals surface area contributed by atoms with Gasteiger partial charge in [0, 0.05) is 22.1 Å². The highest BCUT2D eigenvalue weighted by molar-refractivity contribution is 6.08. The Balaban J connectivity index is 1.16. The minimum Gasteiger partial charge on any atom is -0.309 e. The van der Waals surface area contributed by atoms with Crippen LogP contribution in [0.4, 0.5) is 17.1 Å². The molecule has 53 heavy (non-hydrogen) atoms. The van der Waals surface area contributed by atoms with Crippen molar-refractivity contribution < 1.29 is 0 Å². The van der Waals surface area contributed by atoms with Crippen molar-refractivity contribution in [1.82, 2.24) is 0 Å². The molecule has 1 saturated carbocycles. The van der Waals surface area contributed by atoms with Crippen molar-refractivity contribution in [3.63, 3.8) is 0 Å². The van der Waals surface area contributed by atoms with Crippen LogP contribution in [0.15, 0.2) is 170 Å². The van der Waals surface area contributed by atoms with Crippen molar-refractivity contribution in [3.05, 3.63) is 187 Å². The van der Waals surface area contributed by atoms with Crippen molar-refractivity contribution in [2.75, 3.05) is 4.90 Å². The van der Waals surface area contributed by atoms with Crippen LogP contribution in [0, 0.1) is 0 Å². The fourth-order valence-corrected chi connectivity index (χ4v) is 9.43. The average Bonchev–Trinajstić information content (AvgIpc) is 3.83. The molecule has 0 saturated heterocycles. The summed E-state index contributed by atoms with van der Waals surface area (Å²) in [4.78, 5) is 2.49. The average molecular weight is 682 g/mol. The van der Waals surface area contributed by atoms with Gasteiger partial charge in [-0.1, -0.05) is 166 Å². The molecule has 256 valence electrons. The normalized spacial score (nSPS) is 14.8. The van der Waals surface area contributed by atoms with Gasteiger partial charge < -0.3 is 4.90 Å². The Bertz CT molecular complexity index is 2630. The molecular formula is C52H43N. The maximum atomic E-state index is 2.49. The molecule has 0 aromatic heterocycles. The lowest BCUT2D eigenvalue weighted by atomic mass is 9.81. The van der Waals surface area contributed by atoms with Gasteiger partial charge >= 0.3 is 0 Å². The van der Waals surface area contributed by atoms with E-state index in [1.807, 2.05) is 0 Å². The lowest BCUT2D eigenvalue weighted by Crippen LogP contribution is -2.15. The summed E-state index contributed by atoms with van der Waals surface area (Å²) in [6.07, 6.45) is 5.37. The third kappa shape index (κ3) is 5.29. The van der Waals surface area contributed by atoms with E-state index >= 15 is 0 Å². The van der Waals surface area contributed by atoms with Crippen LogP contribution in [-0.4, -0.2) is 0 Å². The molecule has 1 fully saturated rings. The molecule has 0 heterocycles. The number of rotatable bonds is 6. The van der Waals surface area contributed by atoms with Crippen LogP contribution in [0.2, 0.25) is 0 Å². The van der Waals surface area contributed by atoms with Crippen LogP contribution in [0.1, 0.15) is 62.1 Å². The minimum atomic E-state index is -0.0901. The van der Waals surface area contributed by atoms with Gasteiger partial charge in [0.1, 0.15) is 0 Å². The molecule has 0 spiro atoms. The van der Waals surface area contributed by atoms with E-state index in [0.717, 1.165) is 11.6 Å². The monoisotopic (exact) mass is 681 g/mol. The van der Waals surface area contributed by atoms with Crippen molar-refractivity contribution in [1.29, 1.82) is 0 Å². The lowest BCUT2D eigenvalue weighted by Gasteiger charge is -2.30. The van der Waals surface area contributed by atoms with Crippen molar-refractivity contribution >= 4 is 38.6 Å². The minimum absolute atomic E-state index is 0.0901. The Morgan fingerprint density at radius 2 is 1.08 bits per heavy atom. The summed E-state index contributed by atoms with van der Waals surface area (Å²) in [5.74, 6) is 0.726. The first kappa shape index (κ1) is 31.8. The van der Waals surface area contributed by atoms with Crippen molar-refractivity contribution in [3.8, 4) is 33.4 Å². The molecule has 10 rings (SSSR count). The van der Waals surface area contributed by atoms with E-state index in [1.54, 1.807) is 0 Å². The Morgan fingerprint density at radius 3 is 1.85 bits per heavy atom. The molecule has 0 atom stereocenters. The molecular weight excluding hydrogens is 639 g/mol. The van der Waals surface area contributed by atoms with Gasteiger partial charge in [-0.15, -0.1) is 0 Å². The van der Waals surface area contributed by atoms with Gasteiger partial charge in [-0.25, -0.2) is 0 Å². The van der Waals surface area contributed by atoms with Crippen LogP contribution < -0.4 is 4.90 Å². The van der Waals surface area contributed by atoms with E-state index < -0.39 is 0 Å². The first-order valence-corrected chi connectivity index (χ1v) is 19.3. The SMILES string of the molecule is CC1(C)c2ccccc2-c2ccc(-c3c(N(c4ccc(-c5ccc(C6CCCC6)cc5)cc4)c4cccc5ccccc45)ccc4ccccc34)cc21. The smallest absolute Gasteiger partial charge is 0.0546 e.